The van der Waals surface area contributed by atoms with Gasteiger partial charge in [0.05, 0.1) is 6.04 Å². The van der Waals surface area contributed by atoms with Crippen LogP contribution in [0.3, 0.4) is 0 Å². The van der Waals surface area contributed by atoms with Gasteiger partial charge in [-0.3, -0.25) is 9.69 Å². The lowest BCUT2D eigenvalue weighted by atomic mass is 9.97. The van der Waals surface area contributed by atoms with Gasteiger partial charge in [0.1, 0.15) is 0 Å². The van der Waals surface area contributed by atoms with Crippen LogP contribution in [0.2, 0.25) is 0 Å². The SMILES string of the molecule is CCC1CCN1C1CCNC1=O. The number of nitrogens with zero attached hydrogens (tertiary/aromatic N) is 1. The molecule has 3 nitrogen and oxygen atoms in total. The Hall–Kier alpha value is -0.570. The molecule has 3 heteroatoms. The first kappa shape index (κ1) is 8.05. The van der Waals surface area contributed by atoms with E-state index in [4.69, 9.17) is 0 Å². The quantitative estimate of drug-likeness (QED) is 0.645. The van der Waals surface area contributed by atoms with E-state index < -0.39 is 0 Å². The fraction of sp³-hybridized carbons (Fsp3) is 0.889. The molecular formula is C9H16N2O. The first-order valence-corrected chi connectivity index (χ1v) is 4.86. The van der Waals surface area contributed by atoms with Gasteiger partial charge < -0.3 is 5.32 Å². The molecule has 0 saturated carbocycles. The fourth-order valence-electron chi connectivity index (χ4n) is 2.21. The zero-order valence-electron chi connectivity index (χ0n) is 7.55. The summed E-state index contributed by atoms with van der Waals surface area (Å²) in [6, 6.07) is 0.877. The Kier molecular flexibility index (Phi) is 2.05. The summed E-state index contributed by atoms with van der Waals surface area (Å²) in [5.74, 6) is 0.244. The molecule has 0 aromatic rings. The van der Waals surface area contributed by atoms with Gasteiger partial charge in [0.15, 0.2) is 0 Å². The summed E-state index contributed by atoms with van der Waals surface area (Å²) < 4.78 is 0. The summed E-state index contributed by atoms with van der Waals surface area (Å²) >= 11 is 0. The topological polar surface area (TPSA) is 32.3 Å². The van der Waals surface area contributed by atoms with E-state index in [1.54, 1.807) is 0 Å². The normalized spacial score (nSPS) is 36.2. The summed E-state index contributed by atoms with van der Waals surface area (Å²) in [4.78, 5) is 13.7. The highest BCUT2D eigenvalue weighted by Crippen LogP contribution is 2.25. The monoisotopic (exact) mass is 168 g/mol. The van der Waals surface area contributed by atoms with E-state index in [0.29, 0.717) is 6.04 Å². The van der Waals surface area contributed by atoms with Crippen LogP contribution >= 0.6 is 0 Å². The number of hydrogen-bond donors (Lipinski definition) is 1. The van der Waals surface area contributed by atoms with E-state index in [0.717, 1.165) is 19.5 Å². The molecule has 2 rings (SSSR count). The second kappa shape index (κ2) is 3.05. The van der Waals surface area contributed by atoms with Crippen LogP contribution in [-0.4, -0.2) is 36.0 Å². The summed E-state index contributed by atoms with van der Waals surface area (Å²) in [7, 11) is 0. The number of hydrogen-bond acceptors (Lipinski definition) is 2. The fourth-order valence-corrected chi connectivity index (χ4v) is 2.21. The third-order valence-electron chi connectivity index (χ3n) is 3.08. The third-order valence-corrected chi connectivity index (χ3v) is 3.08. The van der Waals surface area contributed by atoms with Crippen molar-refractivity contribution in [2.45, 2.75) is 38.3 Å². The molecule has 0 bridgehead atoms. The first-order valence-electron chi connectivity index (χ1n) is 4.86. The molecule has 0 aromatic carbocycles. The molecule has 12 heavy (non-hydrogen) atoms. The second-order valence-corrected chi connectivity index (χ2v) is 3.68. The van der Waals surface area contributed by atoms with Crippen LogP contribution in [0, 0.1) is 0 Å². The molecule has 68 valence electrons. The van der Waals surface area contributed by atoms with Gasteiger partial charge in [-0.2, -0.15) is 0 Å². The van der Waals surface area contributed by atoms with E-state index in [-0.39, 0.29) is 11.9 Å². The van der Waals surface area contributed by atoms with Crippen LogP contribution in [-0.2, 0) is 4.79 Å². The van der Waals surface area contributed by atoms with Crippen LogP contribution in [0.15, 0.2) is 0 Å². The minimum Gasteiger partial charge on any atom is -0.355 e. The molecule has 1 amide bonds. The predicted molar refractivity (Wildman–Crippen MR) is 46.8 cm³/mol. The maximum atomic E-state index is 11.3. The number of carbonyl (C=O) groups excluding carboxylic acids is 1. The molecule has 2 aliphatic rings. The van der Waals surface area contributed by atoms with Gasteiger partial charge in [0, 0.05) is 19.1 Å². The lowest BCUT2D eigenvalue weighted by molar-refractivity contribution is -0.126. The summed E-state index contributed by atoms with van der Waals surface area (Å²) in [6.07, 6.45) is 3.47. The Balaban J connectivity index is 1.95. The maximum Gasteiger partial charge on any atom is 0.237 e. The zero-order chi connectivity index (χ0) is 8.55. The maximum absolute atomic E-state index is 11.3. The van der Waals surface area contributed by atoms with E-state index in [2.05, 4.69) is 17.1 Å². The van der Waals surface area contributed by atoms with Crippen LogP contribution < -0.4 is 5.32 Å². The first-order chi connectivity index (χ1) is 5.83. The highest BCUT2D eigenvalue weighted by atomic mass is 16.2. The van der Waals surface area contributed by atoms with Gasteiger partial charge in [0.2, 0.25) is 5.91 Å². The highest BCUT2D eigenvalue weighted by molar-refractivity contribution is 5.83. The molecule has 2 aliphatic heterocycles. The second-order valence-electron chi connectivity index (χ2n) is 3.68. The van der Waals surface area contributed by atoms with E-state index in [9.17, 15) is 4.79 Å². The van der Waals surface area contributed by atoms with Crippen molar-refractivity contribution in [1.82, 2.24) is 10.2 Å². The lowest BCUT2D eigenvalue weighted by Crippen LogP contribution is -2.55. The van der Waals surface area contributed by atoms with Crippen molar-refractivity contribution in [2.75, 3.05) is 13.1 Å². The van der Waals surface area contributed by atoms with Crippen molar-refractivity contribution in [3.05, 3.63) is 0 Å². The number of rotatable bonds is 2. The summed E-state index contributed by atoms with van der Waals surface area (Å²) in [5.41, 5.74) is 0. The largest absolute Gasteiger partial charge is 0.355 e. The Bertz CT molecular complexity index is 191. The molecule has 0 radical (unpaired) electrons. The van der Waals surface area contributed by atoms with Gasteiger partial charge in [-0.1, -0.05) is 6.92 Å². The Morgan fingerprint density at radius 2 is 2.42 bits per heavy atom. The molecular weight excluding hydrogens is 152 g/mol. The number of nitrogens with one attached hydrogen (secondary N) is 1. The minimum atomic E-state index is 0.198. The highest BCUT2D eigenvalue weighted by Gasteiger charge is 2.38. The number of carbonyl (C=O) groups is 1. The molecule has 0 aromatic heterocycles. The van der Waals surface area contributed by atoms with Crippen molar-refractivity contribution in [3.8, 4) is 0 Å². The Morgan fingerprint density at radius 1 is 1.58 bits per heavy atom. The van der Waals surface area contributed by atoms with Gasteiger partial charge >= 0.3 is 0 Å². The average Bonchev–Trinajstić information content (AvgIpc) is 2.36. The minimum absolute atomic E-state index is 0.198. The standard InChI is InChI=1S/C9H16N2O/c1-2-7-4-6-11(7)8-3-5-10-9(8)12/h7-8H,2-6H2,1H3,(H,10,12). The van der Waals surface area contributed by atoms with Crippen molar-refractivity contribution < 1.29 is 4.79 Å². The summed E-state index contributed by atoms with van der Waals surface area (Å²) in [6.45, 7) is 4.19. The van der Waals surface area contributed by atoms with Gasteiger partial charge in [-0.25, -0.2) is 0 Å². The van der Waals surface area contributed by atoms with Crippen LogP contribution in [0.4, 0.5) is 0 Å². The van der Waals surface area contributed by atoms with Gasteiger partial charge in [0.25, 0.3) is 0 Å². The molecule has 1 N–H and O–H groups in total. The van der Waals surface area contributed by atoms with E-state index in [1.165, 1.54) is 12.8 Å². The number of amides is 1. The Morgan fingerprint density at radius 3 is 2.83 bits per heavy atom. The van der Waals surface area contributed by atoms with Crippen molar-refractivity contribution in [2.24, 2.45) is 0 Å². The van der Waals surface area contributed by atoms with Crippen molar-refractivity contribution in [1.29, 1.82) is 0 Å². The van der Waals surface area contributed by atoms with Crippen molar-refractivity contribution >= 4 is 5.91 Å². The molecule has 2 saturated heterocycles. The molecule has 2 unspecified atom stereocenters. The van der Waals surface area contributed by atoms with Gasteiger partial charge in [-0.05, 0) is 19.3 Å². The summed E-state index contributed by atoms with van der Waals surface area (Å²) in [5, 5.41) is 2.88. The molecule has 0 spiro atoms. The van der Waals surface area contributed by atoms with Crippen LogP contribution in [0.25, 0.3) is 0 Å². The van der Waals surface area contributed by atoms with Crippen LogP contribution in [0.5, 0.6) is 0 Å². The smallest absolute Gasteiger partial charge is 0.237 e. The van der Waals surface area contributed by atoms with Crippen LogP contribution in [0.1, 0.15) is 26.2 Å². The van der Waals surface area contributed by atoms with Crippen molar-refractivity contribution in [3.63, 3.8) is 0 Å². The predicted octanol–water partition coefficient (Wildman–Crippen LogP) is 0.359. The van der Waals surface area contributed by atoms with Gasteiger partial charge in [-0.15, -0.1) is 0 Å². The number of likely N-dealkylation sites (tertiary alicyclic amines) is 1. The Labute approximate surface area is 73.1 Å². The average molecular weight is 168 g/mol. The lowest BCUT2D eigenvalue weighted by Gasteiger charge is -2.43. The molecule has 0 aliphatic carbocycles. The molecule has 2 fully saturated rings. The zero-order valence-corrected chi connectivity index (χ0v) is 7.55. The third kappa shape index (κ3) is 1.12. The van der Waals surface area contributed by atoms with E-state index >= 15 is 0 Å². The molecule has 2 atom stereocenters. The van der Waals surface area contributed by atoms with E-state index in [1.807, 2.05) is 0 Å². The molecule has 2 heterocycles.